The van der Waals surface area contributed by atoms with E-state index in [1.165, 1.54) is 4.90 Å². The molecule has 0 spiro atoms. The Morgan fingerprint density at radius 3 is 2.34 bits per heavy atom. The lowest BCUT2D eigenvalue weighted by Crippen LogP contribution is -2.53. The van der Waals surface area contributed by atoms with Crippen molar-refractivity contribution in [3.8, 4) is 0 Å². The maximum absolute atomic E-state index is 13.9. The van der Waals surface area contributed by atoms with Crippen LogP contribution in [0.25, 0.3) is 10.8 Å². The van der Waals surface area contributed by atoms with E-state index >= 15 is 0 Å². The number of carbonyl (C=O) groups is 2. The van der Waals surface area contributed by atoms with E-state index in [9.17, 15) is 18.0 Å². The van der Waals surface area contributed by atoms with Crippen LogP contribution in [0.2, 0.25) is 5.02 Å². The summed E-state index contributed by atoms with van der Waals surface area (Å²) in [6, 6.07) is 19.2. The summed E-state index contributed by atoms with van der Waals surface area (Å²) in [5.74, 6) is -0.747. The van der Waals surface area contributed by atoms with Crippen LogP contribution in [0.4, 0.5) is 5.69 Å². The van der Waals surface area contributed by atoms with E-state index in [0.29, 0.717) is 21.7 Å². The molecule has 0 heterocycles. The summed E-state index contributed by atoms with van der Waals surface area (Å²) in [7, 11) is -3.83. The van der Waals surface area contributed by atoms with Gasteiger partial charge in [-0.25, -0.2) is 8.42 Å². The van der Waals surface area contributed by atoms with Gasteiger partial charge >= 0.3 is 0 Å². The SMILES string of the molecule is CC(C(=O)NC1CCCCC1)N(Cc1ccccc1Cl)C(=O)CN(c1cccc2ccccc12)S(C)(=O)=O. The van der Waals surface area contributed by atoms with Crippen LogP contribution in [-0.2, 0) is 26.2 Å². The molecule has 0 aliphatic heterocycles. The first-order chi connectivity index (χ1) is 18.1. The largest absolute Gasteiger partial charge is 0.352 e. The first-order valence-electron chi connectivity index (χ1n) is 12.9. The molecule has 9 heteroatoms. The minimum atomic E-state index is -3.83. The third kappa shape index (κ3) is 6.66. The highest BCUT2D eigenvalue weighted by Gasteiger charge is 2.32. The van der Waals surface area contributed by atoms with Crippen molar-refractivity contribution < 1.29 is 18.0 Å². The van der Waals surface area contributed by atoms with Crippen molar-refractivity contribution in [2.24, 2.45) is 0 Å². The number of nitrogens with one attached hydrogen (secondary N) is 1. The van der Waals surface area contributed by atoms with Crippen LogP contribution in [0.3, 0.4) is 0 Å². The monoisotopic (exact) mass is 555 g/mol. The van der Waals surface area contributed by atoms with Crippen molar-refractivity contribution in [2.45, 2.75) is 57.7 Å². The molecular formula is C29H34ClN3O4S. The Kier molecular flexibility index (Phi) is 8.95. The molecule has 0 saturated heterocycles. The predicted molar refractivity (Wildman–Crippen MR) is 153 cm³/mol. The summed E-state index contributed by atoms with van der Waals surface area (Å²) in [5.41, 5.74) is 1.09. The maximum Gasteiger partial charge on any atom is 0.244 e. The van der Waals surface area contributed by atoms with Gasteiger partial charge in [0.05, 0.1) is 11.9 Å². The van der Waals surface area contributed by atoms with Crippen molar-refractivity contribution in [2.75, 3.05) is 17.1 Å². The van der Waals surface area contributed by atoms with Gasteiger partial charge in [0.2, 0.25) is 21.8 Å². The highest BCUT2D eigenvalue weighted by atomic mass is 35.5. The fourth-order valence-electron chi connectivity index (χ4n) is 4.98. The quantitative estimate of drug-likeness (QED) is 0.397. The Morgan fingerprint density at radius 1 is 0.974 bits per heavy atom. The molecule has 202 valence electrons. The molecule has 0 aromatic heterocycles. The molecule has 3 aromatic rings. The number of benzene rings is 3. The van der Waals surface area contributed by atoms with Crippen LogP contribution < -0.4 is 9.62 Å². The molecule has 1 aliphatic carbocycles. The normalized spacial score (nSPS) is 15.1. The second-order valence-corrected chi connectivity index (χ2v) is 12.2. The van der Waals surface area contributed by atoms with Gasteiger partial charge < -0.3 is 10.2 Å². The zero-order valence-corrected chi connectivity index (χ0v) is 23.3. The topological polar surface area (TPSA) is 86.8 Å². The van der Waals surface area contributed by atoms with Crippen LogP contribution in [0.5, 0.6) is 0 Å². The Hall–Kier alpha value is -3.10. The predicted octanol–water partition coefficient (Wildman–Crippen LogP) is 5.13. The Balaban J connectivity index is 1.65. The van der Waals surface area contributed by atoms with Gasteiger partial charge in [-0.2, -0.15) is 0 Å². The molecule has 1 aliphatic rings. The van der Waals surface area contributed by atoms with Crippen molar-refractivity contribution in [3.63, 3.8) is 0 Å². The van der Waals surface area contributed by atoms with E-state index in [0.717, 1.165) is 48.1 Å². The van der Waals surface area contributed by atoms with Gasteiger partial charge in [-0.1, -0.05) is 85.5 Å². The fraction of sp³-hybridized carbons (Fsp3) is 0.379. The number of carbonyl (C=O) groups excluding carboxylic acids is 2. The van der Waals surface area contributed by atoms with Crippen molar-refractivity contribution in [1.29, 1.82) is 0 Å². The number of halogens is 1. The van der Waals surface area contributed by atoms with Crippen LogP contribution >= 0.6 is 11.6 Å². The van der Waals surface area contributed by atoms with Crippen molar-refractivity contribution in [3.05, 3.63) is 77.3 Å². The smallest absolute Gasteiger partial charge is 0.244 e. The summed E-state index contributed by atoms with van der Waals surface area (Å²) >= 11 is 6.41. The zero-order valence-electron chi connectivity index (χ0n) is 21.8. The van der Waals surface area contributed by atoms with Gasteiger partial charge in [0.15, 0.2) is 0 Å². The molecule has 2 amide bonds. The lowest BCUT2D eigenvalue weighted by molar-refractivity contribution is -0.139. The molecule has 3 aromatic carbocycles. The first-order valence-corrected chi connectivity index (χ1v) is 15.2. The highest BCUT2D eigenvalue weighted by molar-refractivity contribution is 7.92. The summed E-state index contributed by atoms with van der Waals surface area (Å²) in [6.45, 7) is 1.30. The Bertz CT molecular complexity index is 1400. The van der Waals surface area contributed by atoms with Gasteiger partial charge in [0.1, 0.15) is 12.6 Å². The number of hydrogen-bond donors (Lipinski definition) is 1. The van der Waals surface area contributed by atoms with Gasteiger partial charge in [-0.15, -0.1) is 0 Å². The third-order valence-electron chi connectivity index (χ3n) is 7.13. The number of anilines is 1. The van der Waals surface area contributed by atoms with E-state index in [1.807, 2.05) is 36.4 Å². The molecule has 4 rings (SSSR count). The Labute approximate surface area is 229 Å². The van der Waals surface area contributed by atoms with Gasteiger partial charge in [-0.3, -0.25) is 13.9 Å². The molecule has 38 heavy (non-hydrogen) atoms. The van der Waals surface area contributed by atoms with Crippen LogP contribution in [0.15, 0.2) is 66.7 Å². The van der Waals surface area contributed by atoms with E-state index < -0.39 is 28.5 Å². The van der Waals surface area contributed by atoms with Crippen LogP contribution in [-0.4, -0.2) is 50.0 Å². The van der Waals surface area contributed by atoms with Gasteiger partial charge in [0.25, 0.3) is 0 Å². The number of fused-ring (bicyclic) bond motifs is 1. The highest BCUT2D eigenvalue weighted by Crippen LogP contribution is 2.29. The van der Waals surface area contributed by atoms with E-state index in [1.54, 1.807) is 37.3 Å². The lowest BCUT2D eigenvalue weighted by Gasteiger charge is -2.33. The van der Waals surface area contributed by atoms with Gasteiger partial charge in [-0.05, 0) is 42.8 Å². The molecular weight excluding hydrogens is 522 g/mol. The Morgan fingerprint density at radius 2 is 1.63 bits per heavy atom. The molecule has 0 bridgehead atoms. The lowest BCUT2D eigenvalue weighted by atomic mass is 9.95. The second kappa shape index (κ2) is 12.2. The number of hydrogen-bond acceptors (Lipinski definition) is 4. The van der Waals surface area contributed by atoms with E-state index in [4.69, 9.17) is 11.6 Å². The summed E-state index contributed by atoms with van der Waals surface area (Å²) in [6.07, 6.45) is 6.21. The molecule has 1 N–H and O–H groups in total. The summed E-state index contributed by atoms with van der Waals surface area (Å²) in [4.78, 5) is 28.6. The molecule has 1 fully saturated rings. The van der Waals surface area contributed by atoms with E-state index in [2.05, 4.69) is 5.32 Å². The molecule has 7 nitrogen and oxygen atoms in total. The second-order valence-electron chi connectivity index (χ2n) is 9.90. The standard InChI is InChI=1S/C29H34ClN3O4S/c1-21(29(35)31-24-14-4-3-5-15-24)32(19-23-12-7-9-17-26(23)30)28(34)20-33(38(2,36)37)27-18-10-13-22-11-6-8-16-25(22)27/h6-13,16-18,21,24H,3-5,14-15,19-20H2,1-2H3,(H,31,35). The summed E-state index contributed by atoms with van der Waals surface area (Å²) in [5, 5.41) is 5.14. The fourth-order valence-corrected chi connectivity index (χ4v) is 6.04. The zero-order chi connectivity index (χ0) is 27.3. The molecule has 1 atom stereocenters. The minimum absolute atomic E-state index is 0.0743. The van der Waals surface area contributed by atoms with Crippen LogP contribution in [0, 0.1) is 0 Å². The number of amides is 2. The van der Waals surface area contributed by atoms with Gasteiger partial charge in [0, 0.05) is 23.0 Å². The van der Waals surface area contributed by atoms with Crippen molar-refractivity contribution in [1.82, 2.24) is 10.2 Å². The van der Waals surface area contributed by atoms with Crippen LogP contribution in [0.1, 0.15) is 44.6 Å². The molecule has 1 unspecified atom stereocenters. The number of rotatable bonds is 9. The summed E-state index contributed by atoms with van der Waals surface area (Å²) < 4.78 is 27.0. The molecule has 0 radical (unpaired) electrons. The molecule has 1 saturated carbocycles. The average molecular weight is 556 g/mol. The minimum Gasteiger partial charge on any atom is -0.352 e. The number of nitrogens with zero attached hydrogens (tertiary/aromatic N) is 2. The first kappa shape index (κ1) is 27.9. The number of sulfonamides is 1. The van der Waals surface area contributed by atoms with E-state index in [-0.39, 0.29) is 18.5 Å². The maximum atomic E-state index is 13.9. The average Bonchev–Trinajstić information content (AvgIpc) is 2.90. The van der Waals surface area contributed by atoms with Crippen molar-refractivity contribution >= 4 is 49.9 Å². The third-order valence-corrected chi connectivity index (χ3v) is 8.63.